The summed E-state index contributed by atoms with van der Waals surface area (Å²) in [6.07, 6.45) is 0.780. The molecule has 0 spiro atoms. The molecule has 0 aromatic heterocycles. The lowest BCUT2D eigenvalue weighted by molar-refractivity contribution is 0.0963. The number of ether oxygens (including phenoxy) is 2. The van der Waals surface area contributed by atoms with Crippen LogP contribution < -0.4 is 20.7 Å². The van der Waals surface area contributed by atoms with E-state index in [4.69, 9.17) is 9.47 Å². The molecular weight excluding hydrogens is 519 g/mol. The highest BCUT2D eigenvalue weighted by Crippen LogP contribution is 2.20. The maximum Gasteiger partial charge on any atom is 0.251 e. The van der Waals surface area contributed by atoms with Crippen LogP contribution in [0, 0.1) is 6.92 Å². The third kappa shape index (κ3) is 9.44. The van der Waals surface area contributed by atoms with E-state index in [0.29, 0.717) is 44.4 Å². The number of benzene rings is 2. The van der Waals surface area contributed by atoms with E-state index >= 15 is 0 Å². The second-order valence-electron chi connectivity index (χ2n) is 7.04. The van der Waals surface area contributed by atoms with E-state index in [-0.39, 0.29) is 29.9 Å². The zero-order valence-electron chi connectivity index (χ0n) is 19.4. The van der Waals surface area contributed by atoms with E-state index in [0.717, 1.165) is 28.9 Å². The number of nitrogens with one attached hydrogen (secondary N) is 3. The molecule has 7 nitrogen and oxygen atoms in total. The number of guanidine groups is 1. The predicted octanol–water partition coefficient (Wildman–Crippen LogP) is 3.30. The molecule has 0 atom stereocenters. The van der Waals surface area contributed by atoms with Crippen molar-refractivity contribution in [2.24, 2.45) is 4.99 Å². The van der Waals surface area contributed by atoms with Crippen LogP contribution in [-0.4, -0.2) is 52.3 Å². The average molecular weight is 554 g/mol. The Balaban J connectivity index is 0.00000512. The Labute approximate surface area is 208 Å². The van der Waals surface area contributed by atoms with Crippen LogP contribution in [0.4, 0.5) is 0 Å². The molecule has 0 saturated carbocycles. The van der Waals surface area contributed by atoms with Gasteiger partial charge < -0.3 is 25.4 Å². The number of rotatable bonds is 11. The summed E-state index contributed by atoms with van der Waals surface area (Å²) in [6.45, 7) is 7.09. The molecule has 0 aliphatic rings. The number of hydrogen-bond donors (Lipinski definition) is 3. The van der Waals surface area contributed by atoms with Crippen molar-refractivity contribution in [3.8, 4) is 5.75 Å². The van der Waals surface area contributed by atoms with Crippen LogP contribution in [0.1, 0.15) is 34.0 Å². The van der Waals surface area contributed by atoms with Crippen molar-refractivity contribution < 1.29 is 14.3 Å². The maximum atomic E-state index is 11.8. The van der Waals surface area contributed by atoms with Gasteiger partial charge in [0.1, 0.15) is 12.4 Å². The SMILES string of the molecule is CCOCCOc1cc(C)ccc1CNC(=NC)NCCc1cccc(C(=O)NC)c1.I. The minimum absolute atomic E-state index is 0. The summed E-state index contributed by atoms with van der Waals surface area (Å²) in [4.78, 5) is 16.1. The Bertz CT molecular complexity index is 874. The Hall–Kier alpha value is -2.33. The third-order valence-electron chi connectivity index (χ3n) is 4.70. The minimum Gasteiger partial charge on any atom is -0.491 e. The highest BCUT2D eigenvalue weighted by molar-refractivity contribution is 14.0. The highest BCUT2D eigenvalue weighted by atomic mass is 127. The van der Waals surface area contributed by atoms with Gasteiger partial charge in [0, 0.05) is 44.9 Å². The summed E-state index contributed by atoms with van der Waals surface area (Å²) >= 11 is 0. The molecule has 2 rings (SSSR count). The van der Waals surface area contributed by atoms with Gasteiger partial charge >= 0.3 is 0 Å². The zero-order valence-corrected chi connectivity index (χ0v) is 21.7. The third-order valence-corrected chi connectivity index (χ3v) is 4.70. The fourth-order valence-corrected chi connectivity index (χ4v) is 3.03. The topological polar surface area (TPSA) is 84.0 Å². The van der Waals surface area contributed by atoms with Crippen LogP contribution in [-0.2, 0) is 17.7 Å². The number of carbonyl (C=O) groups is 1. The van der Waals surface area contributed by atoms with Crippen molar-refractivity contribution in [2.75, 3.05) is 40.5 Å². The van der Waals surface area contributed by atoms with E-state index in [1.807, 2.05) is 44.2 Å². The number of nitrogens with zero attached hydrogens (tertiary/aromatic N) is 1. The van der Waals surface area contributed by atoms with E-state index < -0.39 is 0 Å². The van der Waals surface area contributed by atoms with Crippen LogP contribution in [0.2, 0.25) is 0 Å². The van der Waals surface area contributed by atoms with E-state index in [1.165, 1.54) is 0 Å². The second-order valence-corrected chi connectivity index (χ2v) is 7.04. The molecule has 176 valence electrons. The van der Waals surface area contributed by atoms with Gasteiger partial charge in [-0.15, -0.1) is 24.0 Å². The van der Waals surface area contributed by atoms with Crippen LogP contribution in [0.25, 0.3) is 0 Å². The molecule has 0 aliphatic heterocycles. The van der Waals surface area contributed by atoms with Crippen LogP contribution in [0.3, 0.4) is 0 Å². The number of aliphatic imine (C=N–C) groups is 1. The lowest BCUT2D eigenvalue weighted by Gasteiger charge is -2.15. The van der Waals surface area contributed by atoms with E-state index in [2.05, 4.69) is 33.1 Å². The first kappa shape index (κ1) is 27.7. The fraction of sp³-hybridized carbons (Fsp3) is 0.417. The van der Waals surface area contributed by atoms with Gasteiger partial charge in [-0.05, 0) is 49.6 Å². The standard InChI is InChI=1S/C24H34N4O3.HI/c1-5-30-13-14-31-22-15-18(2)9-10-21(22)17-28-24(26-4)27-12-11-19-7-6-8-20(16-19)23(29)25-3;/h6-10,15-16H,5,11-14,17H2,1-4H3,(H,25,29)(H2,26,27,28);1H. The number of aryl methyl sites for hydroxylation is 1. The first-order valence-electron chi connectivity index (χ1n) is 10.6. The van der Waals surface area contributed by atoms with Gasteiger partial charge in [-0.2, -0.15) is 0 Å². The Morgan fingerprint density at radius 1 is 1.09 bits per heavy atom. The normalized spacial score (nSPS) is 10.8. The van der Waals surface area contributed by atoms with E-state index in [1.54, 1.807) is 14.1 Å². The minimum atomic E-state index is -0.0790. The molecule has 0 fully saturated rings. The summed E-state index contributed by atoms with van der Waals surface area (Å²) in [5.74, 6) is 1.49. The lowest BCUT2D eigenvalue weighted by Crippen LogP contribution is -2.38. The summed E-state index contributed by atoms with van der Waals surface area (Å²) in [7, 11) is 3.38. The van der Waals surface area contributed by atoms with Crippen molar-refractivity contribution in [1.29, 1.82) is 0 Å². The van der Waals surface area contributed by atoms with E-state index in [9.17, 15) is 4.79 Å². The van der Waals surface area contributed by atoms with Crippen molar-refractivity contribution in [3.05, 3.63) is 64.7 Å². The highest BCUT2D eigenvalue weighted by Gasteiger charge is 2.07. The van der Waals surface area contributed by atoms with Crippen molar-refractivity contribution >= 4 is 35.8 Å². The van der Waals surface area contributed by atoms with Gasteiger partial charge in [-0.3, -0.25) is 9.79 Å². The fourth-order valence-electron chi connectivity index (χ4n) is 3.03. The van der Waals surface area contributed by atoms with Crippen LogP contribution in [0.15, 0.2) is 47.5 Å². The molecule has 2 aromatic carbocycles. The Morgan fingerprint density at radius 2 is 1.91 bits per heavy atom. The number of amides is 1. The van der Waals surface area contributed by atoms with Crippen molar-refractivity contribution in [3.63, 3.8) is 0 Å². The number of hydrogen-bond acceptors (Lipinski definition) is 4. The van der Waals surface area contributed by atoms with Crippen LogP contribution in [0.5, 0.6) is 5.75 Å². The van der Waals surface area contributed by atoms with Crippen molar-refractivity contribution in [1.82, 2.24) is 16.0 Å². The monoisotopic (exact) mass is 554 g/mol. The molecule has 0 heterocycles. The van der Waals surface area contributed by atoms with Gasteiger partial charge in [0.25, 0.3) is 5.91 Å². The summed E-state index contributed by atoms with van der Waals surface area (Å²) < 4.78 is 11.3. The molecule has 3 N–H and O–H groups in total. The molecule has 0 bridgehead atoms. The molecule has 1 amide bonds. The summed E-state index contributed by atoms with van der Waals surface area (Å²) in [5, 5.41) is 9.31. The molecule has 32 heavy (non-hydrogen) atoms. The predicted molar refractivity (Wildman–Crippen MR) is 140 cm³/mol. The summed E-state index contributed by atoms with van der Waals surface area (Å²) in [5.41, 5.74) is 3.96. The first-order chi connectivity index (χ1) is 15.1. The number of halogens is 1. The Morgan fingerprint density at radius 3 is 2.62 bits per heavy atom. The van der Waals surface area contributed by atoms with Gasteiger partial charge in [-0.1, -0.05) is 24.3 Å². The molecule has 0 radical (unpaired) electrons. The molecular formula is C24H35IN4O3. The molecule has 0 saturated heterocycles. The molecule has 0 unspecified atom stereocenters. The van der Waals surface area contributed by atoms with Gasteiger partial charge in [0.05, 0.1) is 6.61 Å². The largest absolute Gasteiger partial charge is 0.491 e. The summed E-state index contributed by atoms with van der Waals surface area (Å²) in [6, 6.07) is 13.8. The molecule has 2 aromatic rings. The quantitative estimate of drug-likeness (QED) is 0.172. The first-order valence-corrected chi connectivity index (χ1v) is 10.6. The second kappa shape index (κ2) is 15.5. The number of carbonyl (C=O) groups excluding carboxylic acids is 1. The maximum absolute atomic E-state index is 11.8. The lowest BCUT2D eigenvalue weighted by atomic mass is 10.1. The van der Waals surface area contributed by atoms with Crippen molar-refractivity contribution in [2.45, 2.75) is 26.8 Å². The van der Waals surface area contributed by atoms with Crippen LogP contribution >= 0.6 is 24.0 Å². The molecule has 8 heteroatoms. The van der Waals surface area contributed by atoms with Gasteiger partial charge in [0.2, 0.25) is 0 Å². The average Bonchev–Trinajstić information content (AvgIpc) is 2.79. The van der Waals surface area contributed by atoms with Gasteiger partial charge in [0.15, 0.2) is 5.96 Å². The zero-order chi connectivity index (χ0) is 22.5. The smallest absolute Gasteiger partial charge is 0.251 e. The van der Waals surface area contributed by atoms with Gasteiger partial charge in [-0.25, -0.2) is 0 Å². The Kier molecular flexibility index (Phi) is 13.4. The molecule has 0 aliphatic carbocycles.